The van der Waals surface area contributed by atoms with Gasteiger partial charge in [0, 0.05) is 53.1 Å². The fourth-order valence-electron chi connectivity index (χ4n) is 14.7. The number of nitrogens with one attached hydrogen (secondary N) is 6. The number of likely N-dealkylation sites (tertiary alicyclic amines) is 2. The summed E-state index contributed by atoms with van der Waals surface area (Å²) in [6, 6.07) is 6.26. The van der Waals surface area contributed by atoms with E-state index >= 15 is 0 Å². The van der Waals surface area contributed by atoms with Crippen molar-refractivity contribution < 1.29 is 92.0 Å². The number of pyridine rings is 2. The van der Waals surface area contributed by atoms with Crippen LogP contribution in [0, 0.1) is 36.5 Å². The minimum Gasteiger partial charge on any atom is -0.496 e. The van der Waals surface area contributed by atoms with Crippen molar-refractivity contribution in [1.29, 1.82) is 0 Å². The van der Waals surface area contributed by atoms with E-state index in [2.05, 4.69) is 37.8 Å². The average molecular weight is 1510 g/mol. The summed E-state index contributed by atoms with van der Waals surface area (Å²) in [5.41, 5.74) is -1.75. The van der Waals surface area contributed by atoms with Gasteiger partial charge in [-0.3, -0.25) is 47.1 Å². The number of nitrogens with zero attached hydrogens (tertiary/aromatic N) is 4. The highest BCUT2D eigenvalue weighted by Gasteiger charge is 2.64. The Hall–Kier alpha value is -8.62. The predicted molar refractivity (Wildman–Crippen MR) is 386 cm³/mol. The van der Waals surface area contributed by atoms with Crippen LogP contribution in [-0.4, -0.2) is 183 Å². The minimum atomic E-state index is -4.42. The molecule has 4 aromatic rings. The smallest absolute Gasteiger partial charge is 0.408 e. The molecule has 106 heavy (non-hydrogen) atoms. The first-order valence-corrected chi connectivity index (χ1v) is 39.4. The zero-order valence-electron chi connectivity index (χ0n) is 62.0. The van der Waals surface area contributed by atoms with Crippen LogP contribution in [0.4, 0.5) is 9.59 Å². The molecule has 8 amide bonds. The van der Waals surface area contributed by atoms with Crippen LogP contribution in [0.3, 0.4) is 0 Å². The second-order valence-corrected chi connectivity index (χ2v) is 33.9. The van der Waals surface area contributed by atoms with Gasteiger partial charge in [0.1, 0.15) is 82.7 Å². The van der Waals surface area contributed by atoms with E-state index in [1.165, 1.54) is 15.9 Å². The normalized spacial score (nSPS) is 25.0. The van der Waals surface area contributed by atoms with Crippen LogP contribution < -0.4 is 49.7 Å². The summed E-state index contributed by atoms with van der Waals surface area (Å²) in [6.07, 6.45) is 10.5. The Balaban J connectivity index is 0.000000212. The van der Waals surface area contributed by atoms with Crippen molar-refractivity contribution in [3.8, 4) is 23.0 Å². The van der Waals surface area contributed by atoms with Gasteiger partial charge in [0.2, 0.25) is 23.6 Å². The number of carbonyl (C=O) groups is 8. The molecule has 4 heterocycles. The summed E-state index contributed by atoms with van der Waals surface area (Å²) in [5.74, 6) is -2.84. The number of hydrogen-bond donors (Lipinski definition) is 6. The maximum Gasteiger partial charge on any atom is 0.408 e. The number of rotatable bonds is 26. The number of aryl methyl sites for hydroxylation is 2. The standard InChI is InChI=1S/C37H51N5O10S.C37H49N5O10S/c2*1-7-22-19-37(22,34(45)41-53(47,48)52-24-12-13-24)40-32(43)27-18-25(50-29-16-17-38-30-21(2)28(49-6)15-14-26(29)30)20-42(27)33(44)31(36(3,4)5)39-35(46)51-23-10-8-9-11-23/h14-17,22-25,27,31H,7-13,18-20H2,1-6H3,(H,39,46)(H,40,43)(H,41,45);7,14-17,22-25,27,31H,1,8-13,18-20H2,2-6H3,(H,39,46)(H,40,43)(H,41,45)/t2*22-,25-,27+,31-,37-/m11/s1. The van der Waals surface area contributed by atoms with Crippen LogP contribution in [0.5, 0.6) is 23.0 Å². The molecule has 8 aliphatic rings. The first-order chi connectivity index (χ1) is 50.1. The predicted octanol–water partition coefficient (Wildman–Crippen LogP) is 7.39. The molecule has 6 aliphatic carbocycles. The van der Waals surface area contributed by atoms with E-state index in [1.807, 2.05) is 75.3 Å². The van der Waals surface area contributed by atoms with Crippen molar-refractivity contribution in [3.05, 3.63) is 72.6 Å². The van der Waals surface area contributed by atoms with Crippen molar-refractivity contribution in [2.24, 2.45) is 22.7 Å². The van der Waals surface area contributed by atoms with Gasteiger partial charge in [-0.05, 0) is 157 Å². The highest BCUT2D eigenvalue weighted by Crippen LogP contribution is 2.48. The number of benzene rings is 2. The third-order valence-corrected chi connectivity index (χ3v) is 23.1. The lowest BCUT2D eigenvalue weighted by Crippen LogP contribution is -2.60. The number of hydrogen-bond acceptors (Lipinski definition) is 22. The number of carbonyl (C=O) groups excluding carboxylic acids is 8. The van der Waals surface area contributed by atoms with Crippen LogP contribution >= 0.6 is 0 Å². The van der Waals surface area contributed by atoms with Gasteiger partial charge in [-0.1, -0.05) is 61.0 Å². The molecular weight excluding hydrogens is 1410 g/mol. The Morgan fingerprint density at radius 3 is 1.30 bits per heavy atom. The van der Waals surface area contributed by atoms with Crippen LogP contribution in [0.15, 0.2) is 61.4 Å². The van der Waals surface area contributed by atoms with E-state index in [9.17, 15) is 55.2 Å². The van der Waals surface area contributed by atoms with E-state index in [4.69, 9.17) is 36.8 Å². The fourth-order valence-corrected chi connectivity index (χ4v) is 16.7. The largest absolute Gasteiger partial charge is 0.496 e. The number of fused-ring (bicyclic) bond motifs is 2. The number of amides is 8. The summed E-state index contributed by atoms with van der Waals surface area (Å²) in [6.45, 7) is 20.2. The molecule has 2 aromatic heterocycles. The Morgan fingerprint density at radius 1 is 0.557 bits per heavy atom. The second-order valence-electron chi connectivity index (χ2n) is 31.3. The quantitative estimate of drug-likeness (QED) is 0.0333. The number of aromatic nitrogens is 2. The van der Waals surface area contributed by atoms with Crippen molar-refractivity contribution in [2.75, 3.05) is 27.3 Å². The number of alkyl carbamates (subject to hydrolysis) is 2. The zero-order valence-corrected chi connectivity index (χ0v) is 63.7. The molecule has 6 saturated carbocycles. The van der Waals surface area contributed by atoms with Crippen LogP contribution in [0.1, 0.15) is 169 Å². The Labute approximate surface area is 618 Å². The maximum absolute atomic E-state index is 14.6. The van der Waals surface area contributed by atoms with Gasteiger partial charge in [0.05, 0.1) is 50.6 Å². The van der Waals surface area contributed by atoms with Gasteiger partial charge < -0.3 is 59.5 Å². The average Bonchev–Trinajstić information content (AvgIpc) is 1.58. The van der Waals surface area contributed by atoms with E-state index in [0.717, 1.165) is 67.9 Å². The molecule has 6 N–H and O–H groups in total. The monoisotopic (exact) mass is 1510 g/mol. The third kappa shape index (κ3) is 18.0. The van der Waals surface area contributed by atoms with Gasteiger partial charge in [0.25, 0.3) is 11.8 Å². The molecule has 2 aromatic carbocycles. The van der Waals surface area contributed by atoms with Gasteiger partial charge in [-0.2, -0.15) is 16.8 Å². The SMILES string of the molecule is C=C[C@@H]1C[C@]1(NC(=O)[C@@H]1C[C@@H](Oc2ccnc3c(C)c(OC)ccc23)CN1C(=O)[C@@H](NC(=O)OC1CCCC1)C(C)(C)C)C(=O)NS(=O)(=O)OC1CC1.CC[C@@H]1C[C@]1(NC(=O)[C@@H]1C[C@@H](Oc2ccnc3c(C)c(OC)ccc23)CN1C(=O)[C@@H](NC(=O)OC1CCCC1)C(C)(C)C)C(=O)NS(=O)(=O)OC1CC1. The van der Waals surface area contributed by atoms with Crippen molar-refractivity contribution in [1.82, 2.24) is 50.5 Å². The van der Waals surface area contributed by atoms with Crippen LogP contribution in [0.25, 0.3) is 21.8 Å². The highest BCUT2D eigenvalue weighted by atomic mass is 32.2. The Kier molecular flexibility index (Phi) is 23.2. The zero-order chi connectivity index (χ0) is 76.6. The summed E-state index contributed by atoms with van der Waals surface area (Å²) in [5, 5.41) is 12.6. The van der Waals surface area contributed by atoms with Crippen LogP contribution in [-0.2, 0) is 67.2 Å². The minimum absolute atomic E-state index is 0.0121. The molecule has 2 saturated heterocycles. The van der Waals surface area contributed by atoms with Crippen molar-refractivity contribution >= 4 is 90.0 Å². The van der Waals surface area contributed by atoms with Gasteiger partial charge in [-0.15, -0.1) is 6.58 Å². The second kappa shape index (κ2) is 31.3. The summed E-state index contributed by atoms with van der Waals surface area (Å²) in [7, 11) is -5.66. The Morgan fingerprint density at radius 2 is 0.953 bits per heavy atom. The molecule has 10 atom stereocenters. The molecule has 30 nitrogen and oxygen atoms in total. The van der Waals surface area contributed by atoms with E-state index in [0.29, 0.717) is 71.5 Å². The fraction of sp³-hybridized carbons (Fsp3) is 0.622. The molecule has 12 rings (SSSR count). The Bertz CT molecular complexity index is 4280. The van der Waals surface area contributed by atoms with Gasteiger partial charge in [0.15, 0.2) is 0 Å². The van der Waals surface area contributed by atoms with Gasteiger partial charge in [-0.25, -0.2) is 19.0 Å². The lowest BCUT2D eigenvalue weighted by atomic mass is 9.85. The highest BCUT2D eigenvalue weighted by molar-refractivity contribution is 7.85. The van der Waals surface area contributed by atoms with Gasteiger partial charge >= 0.3 is 32.8 Å². The lowest BCUT2D eigenvalue weighted by Gasteiger charge is -2.35. The molecule has 0 spiro atoms. The molecule has 32 heteroatoms. The molecule has 2 aliphatic heterocycles. The summed E-state index contributed by atoms with van der Waals surface area (Å²) in [4.78, 5) is 123. The molecular formula is C74H100N10O20S2. The number of methoxy groups -OCH3 is 2. The molecule has 578 valence electrons. The van der Waals surface area contributed by atoms with E-state index < -0.39 is 145 Å². The van der Waals surface area contributed by atoms with Crippen molar-refractivity contribution in [2.45, 2.75) is 243 Å². The van der Waals surface area contributed by atoms with E-state index in [1.54, 1.807) is 59.5 Å². The summed E-state index contributed by atoms with van der Waals surface area (Å²) < 4.78 is 99.5. The summed E-state index contributed by atoms with van der Waals surface area (Å²) >= 11 is 0. The first kappa shape index (κ1) is 78.5. The maximum atomic E-state index is 14.6. The lowest BCUT2D eigenvalue weighted by molar-refractivity contribution is -0.143. The molecule has 0 bridgehead atoms. The molecule has 8 fully saturated rings. The topological polar surface area (TPSA) is 383 Å². The molecule has 0 unspecified atom stereocenters. The van der Waals surface area contributed by atoms with E-state index in [-0.39, 0.29) is 56.9 Å². The van der Waals surface area contributed by atoms with Crippen molar-refractivity contribution in [3.63, 3.8) is 0 Å². The number of ether oxygens (including phenoxy) is 6. The third-order valence-electron chi connectivity index (χ3n) is 21.2. The molecule has 0 radical (unpaired) electrons. The van der Waals surface area contributed by atoms with Crippen LogP contribution in [0.2, 0.25) is 0 Å². The first-order valence-electron chi connectivity index (χ1n) is 36.6.